The second-order valence-corrected chi connectivity index (χ2v) is 8.31. The molecule has 7 heteroatoms. The molecule has 1 fully saturated rings. The molecule has 1 aliphatic heterocycles. The molecule has 2 heterocycles. The minimum absolute atomic E-state index is 0.138. The molecular formula is C22H23BrN4O2. The molecule has 1 N–H and O–H groups in total. The van der Waals surface area contributed by atoms with Crippen LogP contribution in [-0.4, -0.2) is 27.6 Å². The topological polar surface area (TPSA) is 71.3 Å². The van der Waals surface area contributed by atoms with Gasteiger partial charge in [-0.1, -0.05) is 27.2 Å². The van der Waals surface area contributed by atoms with Gasteiger partial charge in [0.25, 0.3) is 0 Å². The lowest BCUT2D eigenvalue weighted by molar-refractivity contribution is 0.142. The van der Waals surface area contributed by atoms with Crippen molar-refractivity contribution in [2.75, 3.05) is 11.9 Å². The van der Waals surface area contributed by atoms with Gasteiger partial charge in [-0.05, 0) is 80.6 Å². The largest absolute Gasteiger partial charge is 0.337 e. The minimum atomic E-state index is -0.216. The van der Waals surface area contributed by atoms with Gasteiger partial charge in [-0.3, -0.25) is 0 Å². The lowest BCUT2D eigenvalue weighted by Gasteiger charge is -2.33. The highest BCUT2D eigenvalue weighted by Crippen LogP contribution is 2.32. The normalized spacial score (nSPS) is 16.7. The van der Waals surface area contributed by atoms with Crippen molar-refractivity contribution in [1.82, 2.24) is 15.0 Å². The molecule has 4 rings (SSSR count). The van der Waals surface area contributed by atoms with Crippen molar-refractivity contribution < 1.29 is 9.32 Å². The Labute approximate surface area is 178 Å². The molecule has 0 radical (unpaired) electrons. The Balaban J connectivity index is 1.53. The Morgan fingerprint density at radius 3 is 2.69 bits per heavy atom. The predicted octanol–water partition coefficient (Wildman–Crippen LogP) is 5.88. The number of anilines is 1. The molecule has 0 saturated carbocycles. The number of nitrogens with zero attached hydrogens (tertiary/aromatic N) is 3. The fraction of sp³-hybridized carbons (Fsp3) is 0.318. The number of aryl methyl sites for hydroxylation is 2. The van der Waals surface area contributed by atoms with Crippen LogP contribution in [0.5, 0.6) is 0 Å². The molecule has 3 aromatic rings. The molecule has 6 nitrogen and oxygen atoms in total. The summed E-state index contributed by atoms with van der Waals surface area (Å²) in [6, 6.07) is 13.3. The maximum absolute atomic E-state index is 13.0. The fourth-order valence-corrected chi connectivity index (χ4v) is 3.80. The van der Waals surface area contributed by atoms with E-state index in [9.17, 15) is 4.79 Å². The maximum atomic E-state index is 13.0. The van der Waals surface area contributed by atoms with Crippen molar-refractivity contribution in [2.24, 2.45) is 0 Å². The highest BCUT2D eigenvalue weighted by molar-refractivity contribution is 9.10. The second-order valence-electron chi connectivity index (χ2n) is 7.40. The van der Waals surface area contributed by atoms with E-state index in [1.54, 1.807) is 4.90 Å². The zero-order valence-electron chi connectivity index (χ0n) is 16.5. The van der Waals surface area contributed by atoms with Gasteiger partial charge >= 0.3 is 6.03 Å². The molecule has 1 unspecified atom stereocenters. The first-order valence-corrected chi connectivity index (χ1v) is 10.5. The molecule has 0 spiro atoms. The van der Waals surface area contributed by atoms with E-state index in [4.69, 9.17) is 4.52 Å². The molecule has 0 aliphatic carbocycles. The van der Waals surface area contributed by atoms with Crippen molar-refractivity contribution in [3.8, 4) is 11.4 Å². The summed E-state index contributed by atoms with van der Waals surface area (Å²) in [6.07, 6.45) is 2.79. The third kappa shape index (κ3) is 4.34. The Morgan fingerprint density at radius 2 is 1.93 bits per heavy atom. The zero-order valence-corrected chi connectivity index (χ0v) is 18.1. The maximum Gasteiger partial charge on any atom is 0.322 e. The molecule has 150 valence electrons. The van der Waals surface area contributed by atoms with Crippen LogP contribution >= 0.6 is 15.9 Å². The Bertz CT molecular complexity index is 1020. The van der Waals surface area contributed by atoms with Crippen LogP contribution in [0.3, 0.4) is 0 Å². The van der Waals surface area contributed by atoms with E-state index in [2.05, 4.69) is 38.3 Å². The monoisotopic (exact) mass is 454 g/mol. The van der Waals surface area contributed by atoms with Crippen LogP contribution < -0.4 is 5.32 Å². The minimum Gasteiger partial charge on any atom is -0.337 e. The van der Waals surface area contributed by atoms with Crippen LogP contribution in [0, 0.1) is 13.8 Å². The zero-order chi connectivity index (χ0) is 20.4. The van der Waals surface area contributed by atoms with Crippen LogP contribution in [0.25, 0.3) is 11.4 Å². The standard InChI is InChI=1S/C22H23BrN4O2/c1-14-6-11-18(13-15(14)2)24-22(28)27-12-4-3-5-19(27)21-25-20(26-29-21)16-7-9-17(23)10-8-16/h6-11,13,19H,3-5,12H2,1-2H3,(H,24,28). The Kier molecular flexibility index (Phi) is 5.67. The number of carbonyl (C=O) groups is 1. The number of aromatic nitrogens is 2. The number of halogens is 1. The number of likely N-dealkylation sites (tertiary alicyclic amines) is 1. The van der Waals surface area contributed by atoms with Gasteiger partial charge in [0.05, 0.1) is 0 Å². The SMILES string of the molecule is Cc1ccc(NC(=O)N2CCCCC2c2nc(-c3ccc(Br)cc3)no2)cc1C. The molecule has 1 aliphatic rings. The summed E-state index contributed by atoms with van der Waals surface area (Å²) in [5, 5.41) is 7.15. The lowest BCUT2D eigenvalue weighted by Crippen LogP contribution is -2.41. The van der Waals surface area contributed by atoms with Crippen LogP contribution in [-0.2, 0) is 0 Å². The molecular weight excluding hydrogens is 432 g/mol. The van der Waals surface area contributed by atoms with Gasteiger partial charge in [-0.2, -0.15) is 4.98 Å². The van der Waals surface area contributed by atoms with E-state index in [0.717, 1.165) is 40.5 Å². The number of rotatable bonds is 3. The van der Waals surface area contributed by atoms with Crippen LogP contribution in [0.15, 0.2) is 51.5 Å². The summed E-state index contributed by atoms with van der Waals surface area (Å²) in [6.45, 7) is 4.76. The van der Waals surface area contributed by atoms with Crippen LogP contribution in [0.2, 0.25) is 0 Å². The van der Waals surface area contributed by atoms with Gasteiger partial charge in [0.2, 0.25) is 11.7 Å². The smallest absolute Gasteiger partial charge is 0.322 e. The quantitative estimate of drug-likeness (QED) is 0.536. The molecule has 29 heavy (non-hydrogen) atoms. The average molecular weight is 455 g/mol. The fourth-order valence-electron chi connectivity index (χ4n) is 3.53. The van der Waals surface area contributed by atoms with Crippen LogP contribution in [0.1, 0.15) is 42.3 Å². The number of piperidine rings is 1. The average Bonchev–Trinajstić information content (AvgIpc) is 3.21. The highest BCUT2D eigenvalue weighted by atomic mass is 79.9. The number of carbonyl (C=O) groups excluding carboxylic acids is 1. The van der Waals surface area contributed by atoms with Crippen molar-refractivity contribution in [2.45, 2.75) is 39.2 Å². The second kappa shape index (κ2) is 8.37. The third-order valence-electron chi connectivity index (χ3n) is 5.35. The number of nitrogens with one attached hydrogen (secondary N) is 1. The van der Waals surface area contributed by atoms with E-state index >= 15 is 0 Å². The van der Waals surface area contributed by atoms with Gasteiger partial charge in [0.1, 0.15) is 6.04 Å². The number of amides is 2. The molecule has 0 bridgehead atoms. The molecule has 1 saturated heterocycles. The van der Waals surface area contributed by atoms with E-state index < -0.39 is 0 Å². The number of hydrogen-bond acceptors (Lipinski definition) is 4. The number of benzene rings is 2. The first-order chi connectivity index (χ1) is 14.0. The van der Waals surface area contributed by atoms with Gasteiger partial charge in [0.15, 0.2) is 0 Å². The van der Waals surface area contributed by atoms with E-state index in [1.165, 1.54) is 5.56 Å². The summed E-state index contributed by atoms with van der Waals surface area (Å²) in [7, 11) is 0. The van der Waals surface area contributed by atoms with Gasteiger partial charge in [-0.25, -0.2) is 4.79 Å². The predicted molar refractivity (Wildman–Crippen MR) is 116 cm³/mol. The molecule has 1 atom stereocenters. The number of hydrogen-bond donors (Lipinski definition) is 1. The summed E-state index contributed by atoms with van der Waals surface area (Å²) in [4.78, 5) is 19.4. The first-order valence-electron chi connectivity index (χ1n) is 9.75. The van der Waals surface area contributed by atoms with Gasteiger partial charge in [-0.15, -0.1) is 0 Å². The Morgan fingerprint density at radius 1 is 1.14 bits per heavy atom. The van der Waals surface area contributed by atoms with Gasteiger partial charge < -0.3 is 14.7 Å². The summed E-state index contributed by atoms with van der Waals surface area (Å²) in [5.74, 6) is 1.02. The van der Waals surface area contributed by atoms with Crippen molar-refractivity contribution >= 4 is 27.6 Å². The van der Waals surface area contributed by atoms with Crippen molar-refractivity contribution in [1.29, 1.82) is 0 Å². The van der Waals surface area contributed by atoms with E-state index in [-0.39, 0.29) is 12.1 Å². The highest BCUT2D eigenvalue weighted by Gasteiger charge is 2.32. The Hall–Kier alpha value is -2.67. The molecule has 2 aromatic carbocycles. The molecule has 1 aromatic heterocycles. The van der Waals surface area contributed by atoms with Crippen molar-refractivity contribution in [3.63, 3.8) is 0 Å². The number of urea groups is 1. The van der Waals surface area contributed by atoms with Crippen molar-refractivity contribution in [3.05, 3.63) is 64.0 Å². The third-order valence-corrected chi connectivity index (χ3v) is 5.88. The lowest BCUT2D eigenvalue weighted by atomic mass is 10.0. The van der Waals surface area contributed by atoms with E-state index in [1.807, 2.05) is 49.4 Å². The van der Waals surface area contributed by atoms with Crippen LogP contribution in [0.4, 0.5) is 10.5 Å². The first kappa shape index (κ1) is 19.6. The summed E-state index contributed by atoms with van der Waals surface area (Å²) >= 11 is 3.43. The van der Waals surface area contributed by atoms with E-state index in [0.29, 0.717) is 18.3 Å². The summed E-state index contributed by atoms with van der Waals surface area (Å²) < 4.78 is 6.55. The summed E-state index contributed by atoms with van der Waals surface area (Å²) in [5.41, 5.74) is 4.02. The molecule has 2 amide bonds. The van der Waals surface area contributed by atoms with Gasteiger partial charge in [0, 0.05) is 22.3 Å².